The highest BCUT2D eigenvalue weighted by Gasteiger charge is 2.19. The van der Waals surface area contributed by atoms with Crippen LogP contribution < -0.4 is 4.74 Å². The van der Waals surface area contributed by atoms with Gasteiger partial charge < -0.3 is 9.64 Å². The zero-order valence-corrected chi connectivity index (χ0v) is 13.9. The van der Waals surface area contributed by atoms with Gasteiger partial charge in [-0.3, -0.25) is 4.79 Å². The number of amides is 1. The number of carbonyl (C=O) groups is 1. The summed E-state index contributed by atoms with van der Waals surface area (Å²) in [4.78, 5) is 14.4. The van der Waals surface area contributed by atoms with Gasteiger partial charge >= 0.3 is 0 Å². The van der Waals surface area contributed by atoms with Gasteiger partial charge in [-0.25, -0.2) is 0 Å². The zero-order chi connectivity index (χ0) is 16.8. The Morgan fingerprint density at radius 2 is 1.88 bits per heavy atom. The van der Waals surface area contributed by atoms with Crippen molar-refractivity contribution in [1.82, 2.24) is 4.90 Å². The Morgan fingerprint density at radius 3 is 2.58 bits per heavy atom. The van der Waals surface area contributed by atoms with Crippen LogP contribution in [0, 0.1) is 0 Å². The van der Waals surface area contributed by atoms with Crippen LogP contribution in [-0.4, -0.2) is 23.9 Å². The first-order valence-corrected chi connectivity index (χ1v) is 8.46. The van der Waals surface area contributed by atoms with Crippen molar-refractivity contribution in [2.75, 3.05) is 13.1 Å². The first kappa shape index (κ1) is 16.3. The molecule has 3 rings (SSSR count). The van der Waals surface area contributed by atoms with Crippen LogP contribution in [0.5, 0.6) is 5.75 Å². The van der Waals surface area contributed by atoms with E-state index in [2.05, 4.69) is 6.58 Å². The van der Waals surface area contributed by atoms with Crippen LogP contribution in [0.25, 0.3) is 6.08 Å². The Balaban J connectivity index is 1.74. The molecule has 1 aliphatic heterocycles. The maximum Gasteiger partial charge on any atom is 0.227 e. The number of hydrogen-bond acceptors (Lipinski definition) is 2. The fourth-order valence-corrected chi connectivity index (χ4v) is 2.98. The predicted octanol–water partition coefficient (Wildman–Crippen LogP) is 4.07. The van der Waals surface area contributed by atoms with E-state index in [1.807, 2.05) is 53.4 Å². The molecule has 1 fully saturated rings. The maximum absolute atomic E-state index is 12.5. The van der Waals surface area contributed by atoms with Crippen molar-refractivity contribution < 1.29 is 9.53 Å². The average molecular weight is 321 g/mol. The molecule has 0 saturated carbocycles. The zero-order valence-electron chi connectivity index (χ0n) is 13.9. The second-order valence-corrected chi connectivity index (χ2v) is 6.11. The topological polar surface area (TPSA) is 29.5 Å². The minimum Gasteiger partial charge on any atom is -0.489 e. The summed E-state index contributed by atoms with van der Waals surface area (Å²) < 4.78 is 5.98. The van der Waals surface area contributed by atoms with Gasteiger partial charge in [0.1, 0.15) is 12.4 Å². The molecule has 1 saturated heterocycles. The van der Waals surface area contributed by atoms with Crippen molar-refractivity contribution in [3.8, 4) is 5.75 Å². The Bertz CT molecular complexity index is 703. The quantitative estimate of drug-likeness (QED) is 0.802. The fourth-order valence-electron chi connectivity index (χ4n) is 2.98. The van der Waals surface area contributed by atoms with Gasteiger partial charge in [0.05, 0.1) is 6.42 Å². The van der Waals surface area contributed by atoms with Crippen LogP contribution in [0.1, 0.15) is 29.5 Å². The number of ether oxygens (including phenoxy) is 1. The summed E-state index contributed by atoms with van der Waals surface area (Å²) in [6.45, 7) is 6.07. The standard InChI is InChI=1S/C21H23NO2/c1-2-17-10-11-20(24-16-18-8-4-3-5-9-18)19(14-17)15-21(23)22-12-6-7-13-22/h2-5,8-11,14H,1,6-7,12-13,15-16H2. The molecule has 0 bridgehead atoms. The average Bonchev–Trinajstić information content (AvgIpc) is 3.16. The van der Waals surface area contributed by atoms with Gasteiger partial charge in [-0.05, 0) is 36.1 Å². The lowest BCUT2D eigenvalue weighted by Gasteiger charge is -2.17. The number of nitrogens with zero attached hydrogens (tertiary/aromatic N) is 1. The summed E-state index contributed by atoms with van der Waals surface area (Å²) in [5, 5.41) is 0. The lowest BCUT2D eigenvalue weighted by Crippen LogP contribution is -2.29. The van der Waals surface area contributed by atoms with Crippen molar-refractivity contribution in [2.45, 2.75) is 25.9 Å². The second kappa shape index (κ2) is 7.82. The normalized spacial score (nSPS) is 13.8. The molecule has 24 heavy (non-hydrogen) atoms. The van der Waals surface area contributed by atoms with Crippen LogP contribution in [0.2, 0.25) is 0 Å². The number of hydrogen-bond donors (Lipinski definition) is 0. The van der Waals surface area contributed by atoms with E-state index < -0.39 is 0 Å². The molecule has 0 aromatic heterocycles. The molecule has 2 aromatic carbocycles. The second-order valence-electron chi connectivity index (χ2n) is 6.11. The third-order valence-electron chi connectivity index (χ3n) is 4.36. The minimum absolute atomic E-state index is 0.179. The summed E-state index contributed by atoms with van der Waals surface area (Å²) in [5.74, 6) is 0.954. The molecule has 0 aliphatic carbocycles. The van der Waals surface area contributed by atoms with Crippen molar-refractivity contribution in [2.24, 2.45) is 0 Å². The SMILES string of the molecule is C=Cc1ccc(OCc2ccccc2)c(CC(=O)N2CCCC2)c1. The molecule has 124 valence electrons. The van der Waals surface area contributed by atoms with E-state index in [0.717, 1.165) is 48.4 Å². The van der Waals surface area contributed by atoms with Gasteiger partial charge in [-0.2, -0.15) is 0 Å². The van der Waals surface area contributed by atoms with Crippen molar-refractivity contribution in [3.05, 3.63) is 71.8 Å². The molecule has 1 heterocycles. The van der Waals surface area contributed by atoms with Gasteiger partial charge in [0.2, 0.25) is 5.91 Å². The highest BCUT2D eigenvalue weighted by Crippen LogP contribution is 2.24. The van der Waals surface area contributed by atoms with Crippen LogP contribution in [0.15, 0.2) is 55.1 Å². The lowest BCUT2D eigenvalue weighted by atomic mass is 10.1. The van der Waals surface area contributed by atoms with Crippen molar-refractivity contribution in [3.63, 3.8) is 0 Å². The third-order valence-corrected chi connectivity index (χ3v) is 4.36. The molecule has 0 atom stereocenters. The molecule has 1 aliphatic rings. The third kappa shape index (κ3) is 4.05. The lowest BCUT2D eigenvalue weighted by molar-refractivity contribution is -0.129. The fraction of sp³-hybridized carbons (Fsp3) is 0.286. The Kier molecular flexibility index (Phi) is 5.32. The number of benzene rings is 2. The van der Waals surface area contributed by atoms with Gasteiger partial charge in [0, 0.05) is 18.7 Å². The molecular weight excluding hydrogens is 298 g/mol. The van der Waals surface area contributed by atoms with E-state index in [0.29, 0.717) is 13.0 Å². The first-order valence-electron chi connectivity index (χ1n) is 8.46. The van der Waals surface area contributed by atoms with Gasteiger partial charge in [0.25, 0.3) is 0 Å². The predicted molar refractivity (Wildman–Crippen MR) is 96.8 cm³/mol. The van der Waals surface area contributed by atoms with Gasteiger partial charge in [-0.1, -0.05) is 49.1 Å². The maximum atomic E-state index is 12.5. The number of likely N-dealkylation sites (tertiary alicyclic amines) is 1. The molecule has 1 amide bonds. The Morgan fingerprint density at radius 1 is 1.12 bits per heavy atom. The molecule has 0 N–H and O–H groups in total. The van der Waals surface area contributed by atoms with Crippen LogP contribution in [0.3, 0.4) is 0 Å². The van der Waals surface area contributed by atoms with E-state index in [1.54, 1.807) is 6.08 Å². The first-order chi connectivity index (χ1) is 11.8. The molecule has 3 heteroatoms. The van der Waals surface area contributed by atoms with Crippen LogP contribution >= 0.6 is 0 Å². The molecular formula is C21H23NO2. The Labute approximate surface area is 143 Å². The summed E-state index contributed by atoms with van der Waals surface area (Å²) >= 11 is 0. The van der Waals surface area contributed by atoms with Crippen LogP contribution in [0.4, 0.5) is 0 Å². The Hall–Kier alpha value is -2.55. The largest absolute Gasteiger partial charge is 0.489 e. The van der Waals surface area contributed by atoms with Crippen LogP contribution in [-0.2, 0) is 17.8 Å². The number of carbonyl (C=O) groups excluding carboxylic acids is 1. The summed E-state index contributed by atoms with van der Waals surface area (Å²) in [5.41, 5.74) is 3.05. The monoisotopic (exact) mass is 321 g/mol. The van der Waals surface area contributed by atoms with E-state index in [1.165, 1.54) is 0 Å². The smallest absolute Gasteiger partial charge is 0.227 e. The molecule has 0 spiro atoms. The summed E-state index contributed by atoms with van der Waals surface area (Å²) in [6.07, 6.45) is 4.39. The van der Waals surface area contributed by atoms with Crippen molar-refractivity contribution in [1.29, 1.82) is 0 Å². The van der Waals surface area contributed by atoms with E-state index >= 15 is 0 Å². The van der Waals surface area contributed by atoms with Gasteiger partial charge in [-0.15, -0.1) is 0 Å². The van der Waals surface area contributed by atoms with Crippen molar-refractivity contribution >= 4 is 12.0 Å². The molecule has 3 nitrogen and oxygen atoms in total. The molecule has 2 aromatic rings. The van der Waals surface area contributed by atoms with Gasteiger partial charge in [0.15, 0.2) is 0 Å². The highest BCUT2D eigenvalue weighted by molar-refractivity contribution is 5.80. The van der Waals surface area contributed by atoms with E-state index in [-0.39, 0.29) is 5.91 Å². The summed E-state index contributed by atoms with van der Waals surface area (Å²) in [7, 11) is 0. The number of rotatable bonds is 6. The summed E-state index contributed by atoms with van der Waals surface area (Å²) in [6, 6.07) is 16.0. The molecule has 0 unspecified atom stereocenters. The highest BCUT2D eigenvalue weighted by atomic mass is 16.5. The minimum atomic E-state index is 0.179. The van der Waals surface area contributed by atoms with E-state index in [4.69, 9.17) is 4.74 Å². The molecule has 0 radical (unpaired) electrons. The van der Waals surface area contributed by atoms with E-state index in [9.17, 15) is 4.79 Å².